The zero-order chi connectivity index (χ0) is 19.8. The number of carbonyl (C=O) groups excluding carboxylic acids is 4. The van der Waals surface area contributed by atoms with Gasteiger partial charge in [-0.2, -0.15) is 5.10 Å². The third-order valence-electron chi connectivity index (χ3n) is 4.52. The van der Waals surface area contributed by atoms with Crippen LogP contribution in [0.2, 0.25) is 0 Å². The van der Waals surface area contributed by atoms with Gasteiger partial charge in [0.1, 0.15) is 11.5 Å². The summed E-state index contributed by atoms with van der Waals surface area (Å²) in [7, 11) is 1.51. The Morgan fingerprint density at radius 3 is 2.41 bits per heavy atom. The largest absolute Gasteiger partial charge is 0.497 e. The van der Waals surface area contributed by atoms with Crippen LogP contribution in [0, 0.1) is 0 Å². The van der Waals surface area contributed by atoms with Gasteiger partial charge < -0.3 is 9.47 Å². The molecule has 0 N–H and O–H groups in total. The lowest BCUT2D eigenvalue weighted by Crippen LogP contribution is -2.51. The summed E-state index contributed by atoms with van der Waals surface area (Å²) in [5.74, 6) is -1.74. The predicted octanol–water partition coefficient (Wildman–Crippen LogP) is 0.869. The molecule has 27 heavy (non-hydrogen) atoms. The van der Waals surface area contributed by atoms with Gasteiger partial charge in [0.05, 0.1) is 25.8 Å². The highest BCUT2D eigenvalue weighted by Gasteiger charge is 2.61. The van der Waals surface area contributed by atoms with E-state index in [0.717, 1.165) is 9.91 Å². The number of amides is 3. The molecule has 3 rings (SSSR count). The number of rotatable bonds is 4. The van der Waals surface area contributed by atoms with Gasteiger partial charge in [-0.25, -0.2) is 14.7 Å². The molecule has 1 aromatic carbocycles. The van der Waals surface area contributed by atoms with Crippen LogP contribution in [-0.4, -0.2) is 53.7 Å². The molecule has 2 aliphatic rings. The van der Waals surface area contributed by atoms with Crippen molar-refractivity contribution in [3.63, 3.8) is 0 Å². The molecule has 9 nitrogen and oxygen atoms in total. The van der Waals surface area contributed by atoms with Crippen molar-refractivity contribution in [2.75, 3.05) is 18.6 Å². The molecule has 0 unspecified atom stereocenters. The minimum atomic E-state index is -1.54. The molecule has 0 radical (unpaired) electrons. The molecule has 0 aromatic heterocycles. The highest BCUT2D eigenvalue weighted by Crippen LogP contribution is 2.40. The molecular formula is C18H19N3O6. The Morgan fingerprint density at radius 2 is 1.85 bits per heavy atom. The van der Waals surface area contributed by atoms with Crippen LogP contribution in [0.4, 0.5) is 5.69 Å². The molecule has 1 spiro atoms. The van der Waals surface area contributed by atoms with Crippen molar-refractivity contribution in [3.05, 3.63) is 24.3 Å². The van der Waals surface area contributed by atoms with Gasteiger partial charge in [-0.05, 0) is 31.2 Å². The average molecular weight is 373 g/mol. The van der Waals surface area contributed by atoms with Crippen LogP contribution in [0.15, 0.2) is 29.4 Å². The monoisotopic (exact) mass is 373 g/mol. The molecule has 1 aromatic rings. The number of nitrogens with zero attached hydrogens (tertiary/aromatic N) is 3. The molecule has 3 amide bonds. The van der Waals surface area contributed by atoms with E-state index in [2.05, 4.69) is 5.10 Å². The third kappa shape index (κ3) is 2.94. The number of ether oxygens (including phenoxy) is 2. The molecule has 2 aliphatic heterocycles. The van der Waals surface area contributed by atoms with E-state index in [1.807, 2.05) is 0 Å². The van der Waals surface area contributed by atoms with Gasteiger partial charge in [-0.3, -0.25) is 14.4 Å². The first-order valence-corrected chi connectivity index (χ1v) is 8.41. The van der Waals surface area contributed by atoms with Crippen molar-refractivity contribution in [1.29, 1.82) is 0 Å². The van der Waals surface area contributed by atoms with Gasteiger partial charge in [-0.15, -0.1) is 0 Å². The van der Waals surface area contributed by atoms with E-state index >= 15 is 0 Å². The van der Waals surface area contributed by atoms with Crippen LogP contribution >= 0.6 is 0 Å². The Balaban J connectivity index is 1.96. The fraction of sp³-hybridized carbons (Fsp3) is 0.389. The fourth-order valence-electron chi connectivity index (χ4n) is 3.33. The maximum absolute atomic E-state index is 13.2. The Labute approximate surface area is 155 Å². The molecule has 0 bridgehead atoms. The highest BCUT2D eigenvalue weighted by atomic mass is 16.5. The SMILES string of the molecule is CCOC(=O)C1=NN(C(C)=O)[C@@]2(CC(=O)N(c3ccc(OC)cc3)C2=O)C1. The second-order valence-electron chi connectivity index (χ2n) is 6.22. The molecule has 1 atom stereocenters. The first-order valence-electron chi connectivity index (χ1n) is 8.41. The summed E-state index contributed by atoms with van der Waals surface area (Å²) >= 11 is 0. The van der Waals surface area contributed by atoms with Crippen molar-refractivity contribution in [1.82, 2.24) is 5.01 Å². The summed E-state index contributed by atoms with van der Waals surface area (Å²) < 4.78 is 10.0. The van der Waals surface area contributed by atoms with Gasteiger partial charge in [0.2, 0.25) is 11.8 Å². The van der Waals surface area contributed by atoms with E-state index in [9.17, 15) is 19.2 Å². The number of benzene rings is 1. The highest BCUT2D eigenvalue weighted by molar-refractivity contribution is 6.39. The molecule has 2 heterocycles. The molecular weight excluding hydrogens is 354 g/mol. The number of esters is 1. The van der Waals surface area contributed by atoms with Crippen LogP contribution in [-0.2, 0) is 23.9 Å². The predicted molar refractivity (Wildman–Crippen MR) is 94.0 cm³/mol. The molecule has 142 valence electrons. The van der Waals surface area contributed by atoms with Gasteiger partial charge in [0.15, 0.2) is 5.54 Å². The first-order chi connectivity index (χ1) is 12.8. The van der Waals surface area contributed by atoms with Gasteiger partial charge >= 0.3 is 5.97 Å². The number of hydrogen-bond acceptors (Lipinski definition) is 7. The minimum absolute atomic E-state index is 0.0511. The summed E-state index contributed by atoms with van der Waals surface area (Å²) in [6.45, 7) is 3.00. The lowest BCUT2D eigenvalue weighted by Gasteiger charge is -2.28. The zero-order valence-electron chi connectivity index (χ0n) is 15.2. The quantitative estimate of drug-likeness (QED) is 0.573. The molecule has 0 aliphatic carbocycles. The Hall–Kier alpha value is -3.23. The normalized spacial score (nSPS) is 21.7. The Bertz CT molecular complexity index is 847. The second-order valence-corrected chi connectivity index (χ2v) is 6.22. The van der Waals surface area contributed by atoms with E-state index in [-0.39, 0.29) is 25.2 Å². The van der Waals surface area contributed by atoms with Gasteiger partial charge in [0.25, 0.3) is 5.91 Å². The first kappa shape index (κ1) is 18.6. The van der Waals surface area contributed by atoms with E-state index in [0.29, 0.717) is 11.4 Å². The summed E-state index contributed by atoms with van der Waals surface area (Å²) in [6, 6.07) is 6.40. The standard InChI is InChI=1S/C18H19N3O6/c1-4-27-16(24)14-9-18(21(19-14)11(2)22)10-15(23)20(17(18)25)12-5-7-13(26-3)8-6-12/h5-8H,4,9-10H2,1-3H3/t18-/m1/s1. The molecule has 0 saturated carbocycles. The maximum atomic E-state index is 13.2. The number of carbonyl (C=O) groups is 4. The van der Waals surface area contributed by atoms with E-state index in [1.165, 1.54) is 14.0 Å². The third-order valence-corrected chi connectivity index (χ3v) is 4.52. The van der Waals surface area contributed by atoms with E-state index in [4.69, 9.17) is 9.47 Å². The fourth-order valence-corrected chi connectivity index (χ4v) is 3.33. The molecule has 1 saturated heterocycles. The second kappa shape index (κ2) is 6.82. The number of hydrogen-bond donors (Lipinski definition) is 0. The Morgan fingerprint density at radius 1 is 1.19 bits per heavy atom. The van der Waals surface area contributed by atoms with Crippen LogP contribution in [0.25, 0.3) is 0 Å². The summed E-state index contributed by atoms with van der Waals surface area (Å²) in [5.41, 5.74) is -1.23. The smallest absolute Gasteiger partial charge is 0.354 e. The summed E-state index contributed by atoms with van der Waals surface area (Å²) in [4.78, 5) is 51.0. The number of hydrazone groups is 1. The number of anilines is 1. The Kier molecular flexibility index (Phi) is 4.69. The number of imide groups is 1. The molecule has 9 heteroatoms. The van der Waals surface area contributed by atoms with Crippen LogP contribution < -0.4 is 9.64 Å². The van der Waals surface area contributed by atoms with Crippen molar-refractivity contribution < 1.29 is 28.7 Å². The topological polar surface area (TPSA) is 106 Å². The average Bonchev–Trinajstić information content (AvgIpc) is 3.14. The van der Waals surface area contributed by atoms with Gasteiger partial charge in [0, 0.05) is 13.3 Å². The van der Waals surface area contributed by atoms with Crippen molar-refractivity contribution >= 4 is 35.1 Å². The zero-order valence-corrected chi connectivity index (χ0v) is 15.2. The number of methoxy groups -OCH3 is 1. The summed E-state index contributed by atoms with van der Waals surface area (Å²) in [6.07, 6.45) is -0.424. The minimum Gasteiger partial charge on any atom is -0.497 e. The summed E-state index contributed by atoms with van der Waals surface area (Å²) in [5, 5.41) is 4.92. The molecule has 1 fully saturated rings. The van der Waals surface area contributed by atoms with E-state index in [1.54, 1.807) is 31.2 Å². The lowest BCUT2D eigenvalue weighted by molar-refractivity contribution is -0.141. The van der Waals surface area contributed by atoms with Crippen LogP contribution in [0.1, 0.15) is 26.7 Å². The van der Waals surface area contributed by atoms with Gasteiger partial charge in [-0.1, -0.05) is 0 Å². The van der Waals surface area contributed by atoms with E-state index < -0.39 is 29.2 Å². The maximum Gasteiger partial charge on any atom is 0.354 e. The van der Waals surface area contributed by atoms with Crippen molar-refractivity contribution in [3.8, 4) is 5.75 Å². The lowest BCUT2D eigenvalue weighted by atomic mass is 9.91. The van der Waals surface area contributed by atoms with Crippen molar-refractivity contribution in [2.24, 2.45) is 5.10 Å². The van der Waals surface area contributed by atoms with Crippen LogP contribution in [0.5, 0.6) is 5.75 Å². The van der Waals surface area contributed by atoms with Crippen molar-refractivity contribution in [2.45, 2.75) is 32.2 Å². The van der Waals surface area contributed by atoms with Crippen LogP contribution in [0.3, 0.4) is 0 Å².